The van der Waals surface area contributed by atoms with Gasteiger partial charge in [-0.15, -0.1) is 5.10 Å². The lowest BCUT2D eigenvalue weighted by atomic mass is 10.1. The number of carboxylic acids is 1. The molecular weight excluding hydrogens is 358 g/mol. The first-order chi connectivity index (χ1) is 12.3. The van der Waals surface area contributed by atoms with Crippen molar-refractivity contribution < 1.29 is 18.3 Å². The highest BCUT2D eigenvalue weighted by molar-refractivity contribution is 7.92. The van der Waals surface area contributed by atoms with Crippen LogP contribution in [-0.4, -0.2) is 39.7 Å². The summed E-state index contributed by atoms with van der Waals surface area (Å²) in [5.41, 5.74) is 1.30. The van der Waals surface area contributed by atoms with Gasteiger partial charge in [-0.2, -0.15) is 4.68 Å². The van der Waals surface area contributed by atoms with Crippen molar-refractivity contribution in [2.24, 2.45) is 0 Å². The molecule has 1 aromatic heterocycles. The monoisotopic (exact) mass is 373 g/mol. The molecule has 0 fully saturated rings. The van der Waals surface area contributed by atoms with Crippen LogP contribution in [0.5, 0.6) is 0 Å². The van der Waals surface area contributed by atoms with E-state index >= 15 is 0 Å². The summed E-state index contributed by atoms with van der Waals surface area (Å²) in [5.74, 6) is -0.634. The lowest BCUT2D eigenvalue weighted by molar-refractivity contribution is 0.0696. The van der Waals surface area contributed by atoms with Crippen molar-refractivity contribution in [2.75, 3.05) is 4.72 Å². The number of rotatable bonds is 5. The van der Waals surface area contributed by atoms with Crippen LogP contribution in [0.1, 0.15) is 21.7 Å². The van der Waals surface area contributed by atoms with Gasteiger partial charge in [0, 0.05) is 0 Å². The number of sulfonamides is 1. The van der Waals surface area contributed by atoms with E-state index in [9.17, 15) is 18.3 Å². The first kappa shape index (κ1) is 17.5. The topological polar surface area (TPSA) is 127 Å². The van der Waals surface area contributed by atoms with E-state index in [2.05, 4.69) is 20.2 Å². The molecular formula is C16H15N5O4S. The number of tetrazole rings is 1. The Morgan fingerprint density at radius 2 is 1.92 bits per heavy atom. The van der Waals surface area contributed by atoms with E-state index in [-0.39, 0.29) is 10.5 Å². The predicted octanol–water partition coefficient (Wildman–Crippen LogP) is 1.78. The van der Waals surface area contributed by atoms with E-state index in [0.717, 1.165) is 6.07 Å². The summed E-state index contributed by atoms with van der Waals surface area (Å²) in [5, 5.41) is 20.4. The maximum absolute atomic E-state index is 12.6. The molecule has 2 aromatic carbocycles. The second kappa shape index (κ2) is 6.56. The molecule has 10 heteroatoms. The average molecular weight is 373 g/mol. The van der Waals surface area contributed by atoms with Crippen LogP contribution >= 0.6 is 0 Å². The molecule has 1 heterocycles. The van der Waals surface area contributed by atoms with Crippen LogP contribution in [0, 0.1) is 13.8 Å². The fourth-order valence-electron chi connectivity index (χ4n) is 2.38. The molecule has 3 rings (SSSR count). The van der Waals surface area contributed by atoms with Crippen molar-refractivity contribution in [1.82, 2.24) is 20.2 Å². The van der Waals surface area contributed by atoms with Crippen molar-refractivity contribution in [2.45, 2.75) is 18.7 Å². The van der Waals surface area contributed by atoms with Crippen LogP contribution < -0.4 is 4.72 Å². The van der Waals surface area contributed by atoms with E-state index in [0.29, 0.717) is 22.8 Å². The summed E-state index contributed by atoms with van der Waals surface area (Å²) < 4.78 is 29.1. The molecule has 2 N–H and O–H groups in total. The first-order valence-corrected chi connectivity index (χ1v) is 8.98. The Hall–Kier alpha value is -3.27. The minimum absolute atomic E-state index is 0.0639. The molecule has 9 nitrogen and oxygen atoms in total. The number of hydrogen-bond acceptors (Lipinski definition) is 6. The highest BCUT2D eigenvalue weighted by Crippen LogP contribution is 2.21. The summed E-state index contributed by atoms with van der Waals surface area (Å²) >= 11 is 0. The number of aryl methyl sites for hydroxylation is 2. The van der Waals surface area contributed by atoms with E-state index in [1.54, 1.807) is 38.1 Å². The second-order valence-electron chi connectivity index (χ2n) is 5.58. The standard InChI is InChI=1S/C16H15N5O4S/c1-10-6-7-14(9-15(10)16(22)23)26(24,25)18-12-4-3-5-13(8-12)21-11(2)17-19-20-21/h3-9,18H,1-2H3,(H,22,23). The molecule has 0 spiro atoms. The van der Waals surface area contributed by atoms with Crippen molar-refractivity contribution in [3.05, 3.63) is 59.4 Å². The van der Waals surface area contributed by atoms with Gasteiger partial charge in [0.15, 0.2) is 5.82 Å². The highest BCUT2D eigenvalue weighted by Gasteiger charge is 2.18. The smallest absolute Gasteiger partial charge is 0.335 e. The third kappa shape index (κ3) is 3.40. The summed E-state index contributed by atoms with van der Waals surface area (Å²) in [7, 11) is -3.96. The molecule has 0 aliphatic carbocycles. The maximum atomic E-state index is 12.6. The molecule has 0 amide bonds. The van der Waals surface area contributed by atoms with Crippen LogP contribution in [0.3, 0.4) is 0 Å². The number of carboxylic acid groups (broad SMARTS) is 1. The number of aromatic carboxylic acids is 1. The minimum Gasteiger partial charge on any atom is -0.478 e. The minimum atomic E-state index is -3.96. The van der Waals surface area contributed by atoms with Crippen molar-refractivity contribution >= 4 is 21.7 Å². The maximum Gasteiger partial charge on any atom is 0.335 e. The fraction of sp³-hybridized carbons (Fsp3) is 0.125. The molecule has 0 unspecified atom stereocenters. The number of benzene rings is 2. The fourth-order valence-corrected chi connectivity index (χ4v) is 3.46. The third-order valence-corrected chi connectivity index (χ3v) is 5.10. The van der Waals surface area contributed by atoms with Crippen LogP contribution in [0.4, 0.5) is 5.69 Å². The molecule has 0 radical (unpaired) electrons. The molecule has 0 aliphatic heterocycles. The number of hydrogen-bond donors (Lipinski definition) is 2. The van der Waals surface area contributed by atoms with E-state index in [4.69, 9.17) is 0 Å². The molecule has 0 saturated heterocycles. The second-order valence-corrected chi connectivity index (χ2v) is 7.26. The van der Waals surface area contributed by atoms with Crippen molar-refractivity contribution in [3.63, 3.8) is 0 Å². The Balaban J connectivity index is 1.95. The lowest BCUT2D eigenvalue weighted by Crippen LogP contribution is -2.14. The van der Waals surface area contributed by atoms with E-state index < -0.39 is 16.0 Å². The van der Waals surface area contributed by atoms with Crippen molar-refractivity contribution in [3.8, 4) is 5.69 Å². The predicted molar refractivity (Wildman–Crippen MR) is 92.8 cm³/mol. The number of anilines is 1. The van der Waals surface area contributed by atoms with Gasteiger partial charge in [0.1, 0.15) is 0 Å². The summed E-state index contributed by atoms with van der Waals surface area (Å²) in [6.45, 7) is 3.32. The van der Waals surface area contributed by atoms with Gasteiger partial charge >= 0.3 is 5.97 Å². The summed E-state index contributed by atoms with van der Waals surface area (Å²) in [6.07, 6.45) is 0. The lowest BCUT2D eigenvalue weighted by Gasteiger charge is -2.11. The normalized spacial score (nSPS) is 11.3. The van der Waals surface area contributed by atoms with Gasteiger partial charge in [-0.25, -0.2) is 13.2 Å². The molecule has 0 saturated carbocycles. The van der Waals surface area contributed by atoms with Crippen LogP contribution in [0.15, 0.2) is 47.4 Å². The van der Waals surface area contributed by atoms with Gasteiger partial charge in [-0.1, -0.05) is 12.1 Å². The van der Waals surface area contributed by atoms with Gasteiger partial charge in [-0.05, 0) is 60.2 Å². The first-order valence-electron chi connectivity index (χ1n) is 7.50. The number of nitrogens with zero attached hydrogens (tertiary/aromatic N) is 4. The molecule has 0 aliphatic rings. The SMILES string of the molecule is Cc1ccc(S(=O)(=O)Nc2cccc(-n3nnnc3C)c2)cc1C(=O)O. The van der Waals surface area contributed by atoms with Gasteiger partial charge in [0.2, 0.25) is 0 Å². The zero-order valence-electron chi connectivity index (χ0n) is 13.9. The van der Waals surface area contributed by atoms with E-state index in [1.165, 1.54) is 16.8 Å². The van der Waals surface area contributed by atoms with E-state index in [1.807, 2.05) is 0 Å². The molecule has 26 heavy (non-hydrogen) atoms. The van der Waals surface area contributed by atoms with Crippen LogP contribution in [0.25, 0.3) is 5.69 Å². The molecule has 3 aromatic rings. The van der Waals surface area contributed by atoms with Crippen molar-refractivity contribution in [1.29, 1.82) is 0 Å². The largest absolute Gasteiger partial charge is 0.478 e. The Kier molecular flexibility index (Phi) is 4.43. The zero-order valence-corrected chi connectivity index (χ0v) is 14.7. The van der Waals surface area contributed by atoms with Gasteiger partial charge in [-0.3, -0.25) is 4.72 Å². The van der Waals surface area contributed by atoms with Gasteiger partial charge in [0.25, 0.3) is 10.0 Å². The van der Waals surface area contributed by atoms with Crippen LogP contribution in [0.2, 0.25) is 0 Å². The Bertz CT molecular complexity index is 1090. The molecule has 0 bridgehead atoms. The zero-order chi connectivity index (χ0) is 18.9. The Labute approximate surface area is 149 Å². The molecule has 134 valence electrons. The quantitative estimate of drug-likeness (QED) is 0.698. The average Bonchev–Trinajstić information content (AvgIpc) is 3.00. The van der Waals surface area contributed by atoms with Crippen LogP contribution in [-0.2, 0) is 10.0 Å². The molecule has 0 atom stereocenters. The number of carbonyl (C=O) groups is 1. The third-order valence-electron chi connectivity index (χ3n) is 3.72. The number of aromatic nitrogens is 4. The Morgan fingerprint density at radius 3 is 2.58 bits per heavy atom. The number of nitrogens with one attached hydrogen (secondary N) is 1. The highest BCUT2D eigenvalue weighted by atomic mass is 32.2. The van der Waals surface area contributed by atoms with Gasteiger partial charge < -0.3 is 5.11 Å². The summed E-state index contributed by atoms with van der Waals surface area (Å²) in [4.78, 5) is 11.1. The van der Waals surface area contributed by atoms with Gasteiger partial charge in [0.05, 0.1) is 21.8 Å². The Morgan fingerprint density at radius 1 is 1.15 bits per heavy atom. The summed E-state index contributed by atoms with van der Waals surface area (Å²) in [6, 6.07) is 10.5.